The number of piperazine rings is 1. The first-order valence-electron chi connectivity index (χ1n) is 9.80. The van der Waals surface area contributed by atoms with Crippen LogP contribution in [0.15, 0.2) is 54.6 Å². The van der Waals surface area contributed by atoms with E-state index >= 15 is 0 Å². The zero-order valence-corrected chi connectivity index (χ0v) is 16.8. The zero-order chi connectivity index (χ0) is 20.2. The van der Waals surface area contributed by atoms with E-state index in [4.69, 9.17) is 16.3 Å². The molecule has 2 heterocycles. The van der Waals surface area contributed by atoms with E-state index in [0.29, 0.717) is 31.1 Å². The largest absolute Gasteiger partial charge is 0.374 e. The molecule has 7 heteroatoms. The van der Waals surface area contributed by atoms with Crippen molar-refractivity contribution in [3.8, 4) is 0 Å². The SMILES string of the molecule is O=C1N[C@@H](COCc2ccccc2)C(=O)N2C[C@@H](NCc3ccc(Cl)cc3)C[C@@H]12. The summed E-state index contributed by atoms with van der Waals surface area (Å²) in [6, 6.07) is 16.5. The van der Waals surface area contributed by atoms with Gasteiger partial charge in [0.15, 0.2) is 0 Å². The molecule has 152 valence electrons. The standard InChI is InChI=1S/C22H24ClN3O3/c23-17-8-6-15(7-9-17)11-24-18-10-20-21(27)25-19(22(28)26(20)12-18)14-29-13-16-4-2-1-3-5-16/h1-9,18-20,24H,10-14H2,(H,25,27)/t18-,19-,20-/m0/s1. The fourth-order valence-electron chi connectivity index (χ4n) is 3.85. The van der Waals surface area contributed by atoms with Gasteiger partial charge in [0.25, 0.3) is 0 Å². The number of halogens is 1. The fourth-order valence-corrected chi connectivity index (χ4v) is 3.98. The van der Waals surface area contributed by atoms with Crippen LogP contribution in [0.4, 0.5) is 0 Å². The fraction of sp³-hybridized carbons (Fsp3) is 0.364. The molecule has 4 rings (SSSR count). The molecule has 0 spiro atoms. The quantitative estimate of drug-likeness (QED) is 0.729. The Balaban J connectivity index is 1.29. The second kappa shape index (κ2) is 8.95. The molecule has 3 atom stereocenters. The predicted octanol–water partition coefficient (Wildman–Crippen LogP) is 2.11. The van der Waals surface area contributed by atoms with Crippen LogP contribution in [-0.4, -0.2) is 48.0 Å². The summed E-state index contributed by atoms with van der Waals surface area (Å²) >= 11 is 5.92. The van der Waals surface area contributed by atoms with Crippen LogP contribution < -0.4 is 10.6 Å². The number of carbonyl (C=O) groups is 2. The Morgan fingerprint density at radius 1 is 1.07 bits per heavy atom. The first-order valence-corrected chi connectivity index (χ1v) is 10.2. The van der Waals surface area contributed by atoms with E-state index in [9.17, 15) is 9.59 Å². The van der Waals surface area contributed by atoms with Gasteiger partial charge in [-0.2, -0.15) is 0 Å². The highest BCUT2D eigenvalue weighted by molar-refractivity contribution is 6.30. The third-order valence-electron chi connectivity index (χ3n) is 5.41. The average molecular weight is 414 g/mol. The second-order valence-electron chi connectivity index (χ2n) is 7.51. The number of nitrogens with zero attached hydrogens (tertiary/aromatic N) is 1. The van der Waals surface area contributed by atoms with E-state index in [2.05, 4.69) is 10.6 Å². The van der Waals surface area contributed by atoms with Crippen LogP contribution in [0.5, 0.6) is 0 Å². The Hall–Kier alpha value is -2.41. The van der Waals surface area contributed by atoms with Crippen molar-refractivity contribution in [2.24, 2.45) is 0 Å². The molecule has 0 unspecified atom stereocenters. The highest BCUT2D eigenvalue weighted by Crippen LogP contribution is 2.23. The van der Waals surface area contributed by atoms with Crippen LogP contribution >= 0.6 is 11.6 Å². The van der Waals surface area contributed by atoms with Crippen molar-refractivity contribution in [2.75, 3.05) is 13.2 Å². The molecule has 2 amide bonds. The number of carbonyl (C=O) groups excluding carboxylic acids is 2. The van der Waals surface area contributed by atoms with Gasteiger partial charge in [0.05, 0.1) is 13.2 Å². The molecule has 0 radical (unpaired) electrons. The number of hydrogen-bond acceptors (Lipinski definition) is 4. The van der Waals surface area contributed by atoms with Gasteiger partial charge in [-0.25, -0.2) is 0 Å². The third kappa shape index (κ3) is 4.78. The van der Waals surface area contributed by atoms with Crippen molar-refractivity contribution in [3.63, 3.8) is 0 Å². The van der Waals surface area contributed by atoms with Crippen LogP contribution in [-0.2, 0) is 27.5 Å². The predicted molar refractivity (Wildman–Crippen MR) is 110 cm³/mol. The van der Waals surface area contributed by atoms with E-state index in [0.717, 1.165) is 11.1 Å². The summed E-state index contributed by atoms with van der Waals surface area (Å²) in [6.07, 6.45) is 0.614. The van der Waals surface area contributed by atoms with Crippen LogP contribution in [0, 0.1) is 0 Å². The number of benzene rings is 2. The van der Waals surface area contributed by atoms with Gasteiger partial charge in [-0.3, -0.25) is 9.59 Å². The van der Waals surface area contributed by atoms with Gasteiger partial charge in [0.1, 0.15) is 12.1 Å². The molecule has 6 nitrogen and oxygen atoms in total. The Morgan fingerprint density at radius 3 is 2.59 bits per heavy atom. The van der Waals surface area contributed by atoms with E-state index < -0.39 is 12.1 Å². The Labute approximate surface area is 175 Å². The lowest BCUT2D eigenvalue weighted by atomic mass is 10.1. The molecule has 2 saturated heterocycles. The molecule has 0 bridgehead atoms. The summed E-state index contributed by atoms with van der Waals surface area (Å²) in [5, 5.41) is 6.98. The van der Waals surface area contributed by atoms with Crippen LogP contribution in [0.2, 0.25) is 5.02 Å². The average Bonchev–Trinajstić information content (AvgIpc) is 3.17. The summed E-state index contributed by atoms with van der Waals surface area (Å²) < 4.78 is 5.68. The van der Waals surface area contributed by atoms with E-state index in [1.165, 1.54) is 0 Å². The summed E-state index contributed by atoms with van der Waals surface area (Å²) in [6.45, 7) is 1.78. The first kappa shape index (κ1) is 19.9. The molecule has 0 aliphatic carbocycles. The lowest BCUT2D eigenvalue weighted by Gasteiger charge is -2.34. The highest BCUT2D eigenvalue weighted by atomic mass is 35.5. The van der Waals surface area contributed by atoms with Crippen LogP contribution in [0.1, 0.15) is 17.5 Å². The lowest BCUT2D eigenvalue weighted by molar-refractivity contribution is -0.148. The molecule has 0 saturated carbocycles. The molecular formula is C22H24ClN3O3. The highest BCUT2D eigenvalue weighted by Gasteiger charge is 2.46. The number of ether oxygens (including phenoxy) is 1. The van der Waals surface area contributed by atoms with Gasteiger partial charge in [-0.05, 0) is 29.7 Å². The van der Waals surface area contributed by atoms with Crippen LogP contribution in [0.3, 0.4) is 0 Å². The van der Waals surface area contributed by atoms with Crippen molar-refractivity contribution in [1.82, 2.24) is 15.5 Å². The van der Waals surface area contributed by atoms with Gasteiger partial charge in [-0.1, -0.05) is 54.1 Å². The first-order chi connectivity index (χ1) is 14.1. The summed E-state index contributed by atoms with van der Waals surface area (Å²) in [5.74, 6) is -0.174. The zero-order valence-electron chi connectivity index (χ0n) is 16.0. The minimum atomic E-state index is -0.627. The summed E-state index contributed by atoms with van der Waals surface area (Å²) in [4.78, 5) is 27.0. The van der Waals surface area contributed by atoms with E-state index in [1.54, 1.807) is 4.90 Å². The normalized spacial score (nSPS) is 23.8. The topological polar surface area (TPSA) is 70.7 Å². The van der Waals surface area contributed by atoms with Crippen molar-refractivity contribution >= 4 is 23.4 Å². The summed E-state index contributed by atoms with van der Waals surface area (Å²) in [7, 11) is 0. The second-order valence-corrected chi connectivity index (χ2v) is 7.94. The van der Waals surface area contributed by atoms with E-state index in [-0.39, 0.29) is 24.5 Å². The number of fused-ring (bicyclic) bond motifs is 1. The van der Waals surface area contributed by atoms with Crippen molar-refractivity contribution in [3.05, 3.63) is 70.7 Å². The molecule has 2 fully saturated rings. The monoisotopic (exact) mass is 413 g/mol. The van der Waals surface area contributed by atoms with Gasteiger partial charge in [0.2, 0.25) is 11.8 Å². The molecule has 0 aromatic heterocycles. The number of amides is 2. The molecular weight excluding hydrogens is 390 g/mol. The summed E-state index contributed by atoms with van der Waals surface area (Å²) in [5.41, 5.74) is 2.15. The Bertz CT molecular complexity index is 859. The van der Waals surface area contributed by atoms with Crippen molar-refractivity contribution in [1.29, 1.82) is 0 Å². The van der Waals surface area contributed by atoms with Crippen molar-refractivity contribution < 1.29 is 14.3 Å². The maximum absolute atomic E-state index is 12.8. The molecule has 2 aliphatic rings. The smallest absolute Gasteiger partial charge is 0.248 e. The molecule has 2 N–H and O–H groups in total. The minimum absolute atomic E-state index is 0.0709. The molecule has 29 heavy (non-hydrogen) atoms. The van der Waals surface area contributed by atoms with Crippen molar-refractivity contribution in [2.45, 2.75) is 37.7 Å². The number of nitrogens with one attached hydrogen (secondary N) is 2. The van der Waals surface area contributed by atoms with Gasteiger partial charge in [-0.15, -0.1) is 0 Å². The van der Waals surface area contributed by atoms with E-state index in [1.807, 2.05) is 54.6 Å². The number of hydrogen-bond donors (Lipinski definition) is 2. The van der Waals surface area contributed by atoms with Gasteiger partial charge >= 0.3 is 0 Å². The Morgan fingerprint density at radius 2 is 1.83 bits per heavy atom. The maximum Gasteiger partial charge on any atom is 0.248 e. The Kier molecular flexibility index (Phi) is 6.13. The van der Waals surface area contributed by atoms with Gasteiger partial charge in [0, 0.05) is 24.2 Å². The number of rotatable bonds is 7. The van der Waals surface area contributed by atoms with Crippen LogP contribution in [0.25, 0.3) is 0 Å². The lowest BCUT2D eigenvalue weighted by Crippen LogP contribution is -2.62. The molecule has 2 aliphatic heterocycles. The molecule has 2 aromatic carbocycles. The maximum atomic E-state index is 12.8. The molecule has 2 aromatic rings. The minimum Gasteiger partial charge on any atom is -0.374 e. The third-order valence-corrected chi connectivity index (χ3v) is 5.66. The van der Waals surface area contributed by atoms with Gasteiger partial charge < -0.3 is 20.3 Å².